The average Bonchev–Trinajstić information content (AvgIpc) is 3.09. The SMILES string of the molecule is O=Cc1ccc(-c2ccccc2)c(C(=O)N2CCCC2)c1. The van der Waals surface area contributed by atoms with Crippen LogP contribution in [0.3, 0.4) is 0 Å². The Morgan fingerprint density at radius 3 is 2.38 bits per heavy atom. The van der Waals surface area contributed by atoms with Crippen molar-refractivity contribution in [3.8, 4) is 11.1 Å². The Hall–Kier alpha value is -2.42. The lowest BCUT2D eigenvalue weighted by Gasteiger charge is -2.18. The number of likely N-dealkylation sites (tertiary alicyclic amines) is 1. The maximum atomic E-state index is 12.7. The molecule has 0 aromatic heterocycles. The van der Waals surface area contributed by atoms with Gasteiger partial charge in [-0.25, -0.2) is 0 Å². The van der Waals surface area contributed by atoms with Gasteiger partial charge in [-0.05, 0) is 30.0 Å². The maximum absolute atomic E-state index is 12.7. The van der Waals surface area contributed by atoms with Crippen LogP contribution in [-0.4, -0.2) is 30.2 Å². The van der Waals surface area contributed by atoms with Crippen molar-refractivity contribution in [3.63, 3.8) is 0 Å². The van der Waals surface area contributed by atoms with Crippen LogP contribution in [0.1, 0.15) is 33.6 Å². The lowest BCUT2D eigenvalue weighted by atomic mass is 9.97. The van der Waals surface area contributed by atoms with Crippen LogP contribution in [-0.2, 0) is 0 Å². The summed E-state index contributed by atoms with van der Waals surface area (Å²) in [5, 5.41) is 0. The van der Waals surface area contributed by atoms with E-state index in [1.807, 2.05) is 41.3 Å². The Morgan fingerprint density at radius 1 is 1.00 bits per heavy atom. The van der Waals surface area contributed by atoms with Gasteiger partial charge in [0, 0.05) is 24.2 Å². The highest BCUT2D eigenvalue weighted by atomic mass is 16.2. The fourth-order valence-electron chi connectivity index (χ4n) is 2.77. The monoisotopic (exact) mass is 279 g/mol. The number of carbonyl (C=O) groups excluding carboxylic acids is 2. The van der Waals surface area contributed by atoms with E-state index in [9.17, 15) is 9.59 Å². The second-order valence-corrected chi connectivity index (χ2v) is 5.29. The number of hydrogen-bond acceptors (Lipinski definition) is 2. The van der Waals surface area contributed by atoms with Crippen LogP contribution in [0.2, 0.25) is 0 Å². The van der Waals surface area contributed by atoms with E-state index in [0.717, 1.165) is 43.3 Å². The van der Waals surface area contributed by atoms with Crippen molar-refractivity contribution in [2.75, 3.05) is 13.1 Å². The second kappa shape index (κ2) is 5.92. The summed E-state index contributed by atoms with van der Waals surface area (Å²) in [4.78, 5) is 25.6. The molecule has 0 N–H and O–H groups in total. The van der Waals surface area contributed by atoms with E-state index in [-0.39, 0.29) is 5.91 Å². The summed E-state index contributed by atoms with van der Waals surface area (Å²) in [7, 11) is 0. The van der Waals surface area contributed by atoms with Gasteiger partial charge in [0.05, 0.1) is 0 Å². The summed E-state index contributed by atoms with van der Waals surface area (Å²) >= 11 is 0. The first-order chi connectivity index (χ1) is 10.3. The van der Waals surface area contributed by atoms with Crippen LogP contribution in [0, 0.1) is 0 Å². The van der Waals surface area contributed by atoms with Crippen molar-refractivity contribution in [3.05, 3.63) is 59.7 Å². The highest BCUT2D eigenvalue weighted by molar-refractivity contribution is 6.02. The number of nitrogens with zero attached hydrogens (tertiary/aromatic N) is 1. The molecule has 1 aliphatic heterocycles. The molecule has 3 rings (SSSR count). The van der Waals surface area contributed by atoms with Gasteiger partial charge >= 0.3 is 0 Å². The fourth-order valence-corrected chi connectivity index (χ4v) is 2.77. The van der Waals surface area contributed by atoms with Gasteiger partial charge in [0.25, 0.3) is 5.91 Å². The van der Waals surface area contributed by atoms with Crippen molar-refractivity contribution < 1.29 is 9.59 Å². The first-order valence-electron chi connectivity index (χ1n) is 7.23. The zero-order chi connectivity index (χ0) is 14.7. The van der Waals surface area contributed by atoms with Crippen LogP contribution in [0.4, 0.5) is 0 Å². The zero-order valence-corrected chi connectivity index (χ0v) is 11.8. The summed E-state index contributed by atoms with van der Waals surface area (Å²) in [6.45, 7) is 1.61. The van der Waals surface area contributed by atoms with Gasteiger partial charge in [-0.15, -0.1) is 0 Å². The standard InChI is InChI=1S/C18H17NO2/c20-13-14-8-9-16(15-6-2-1-3-7-15)17(12-14)18(21)19-10-4-5-11-19/h1-3,6-9,12-13H,4-5,10-11H2. The van der Waals surface area contributed by atoms with Crippen LogP contribution in [0.25, 0.3) is 11.1 Å². The third-order valence-electron chi connectivity index (χ3n) is 3.89. The molecule has 21 heavy (non-hydrogen) atoms. The molecule has 3 heteroatoms. The summed E-state index contributed by atoms with van der Waals surface area (Å²) in [6.07, 6.45) is 2.90. The molecule has 0 unspecified atom stereocenters. The average molecular weight is 279 g/mol. The molecular formula is C18H17NO2. The smallest absolute Gasteiger partial charge is 0.254 e. The van der Waals surface area contributed by atoms with Crippen LogP contribution < -0.4 is 0 Å². The lowest BCUT2D eigenvalue weighted by Crippen LogP contribution is -2.28. The third-order valence-corrected chi connectivity index (χ3v) is 3.89. The predicted molar refractivity (Wildman–Crippen MR) is 82.4 cm³/mol. The highest BCUT2D eigenvalue weighted by Gasteiger charge is 2.22. The second-order valence-electron chi connectivity index (χ2n) is 5.29. The molecule has 3 nitrogen and oxygen atoms in total. The summed E-state index contributed by atoms with van der Waals surface area (Å²) < 4.78 is 0. The molecule has 0 bridgehead atoms. The molecule has 1 saturated heterocycles. The minimum Gasteiger partial charge on any atom is -0.339 e. The molecule has 0 saturated carbocycles. The van der Waals surface area contributed by atoms with E-state index >= 15 is 0 Å². The Balaban J connectivity index is 2.07. The Labute approximate surface area is 124 Å². The molecule has 2 aromatic rings. The minimum absolute atomic E-state index is 0.0232. The number of benzene rings is 2. The van der Waals surface area contributed by atoms with Gasteiger partial charge in [0.1, 0.15) is 6.29 Å². The minimum atomic E-state index is 0.0232. The predicted octanol–water partition coefficient (Wildman–Crippen LogP) is 3.40. The summed E-state index contributed by atoms with van der Waals surface area (Å²) in [6, 6.07) is 15.1. The molecule has 106 valence electrons. The molecule has 0 atom stereocenters. The first kappa shape index (κ1) is 13.6. The van der Waals surface area contributed by atoms with Gasteiger partial charge < -0.3 is 4.90 Å². The van der Waals surface area contributed by atoms with Crippen molar-refractivity contribution in [1.29, 1.82) is 0 Å². The molecule has 0 spiro atoms. The van der Waals surface area contributed by atoms with Gasteiger partial charge in [-0.1, -0.05) is 42.5 Å². The number of hydrogen-bond donors (Lipinski definition) is 0. The van der Waals surface area contributed by atoms with E-state index in [4.69, 9.17) is 0 Å². The number of amides is 1. The van der Waals surface area contributed by atoms with Crippen molar-refractivity contribution in [1.82, 2.24) is 4.90 Å². The van der Waals surface area contributed by atoms with Gasteiger partial charge in [0.15, 0.2) is 0 Å². The van der Waals surface area contributed by atoms with Crippen LogP contribution >= 0.6 is 0 Å². The van der Waals surface area contributed by atoms with E-state index in [1.165, 1.54) is 0 Å². The van der Waals surface area contributed by atoms with Gasteiger partial charge in [-0.2, -0.15) is 0 Å². The Kier molecular flexibility index (Phi) is 3.82. The van der Waals surface area contributed by atoms with E-state index < -0.39 is 0 Å². The summed E-state index contributed by atoms with van der Waals surface area (Å²) in [5.41, 5.74) is 3.04. The molecule has 2 aromatic carbocycles. The maximum Gasteiger partial charge on any atom is 0.254 e. The highest BCUT2D eigenvalue weighted by Crippen LogP contribution is 2.26. The molecule has 0 radical (unpaired) electrons. The molecule has 1 amide bonds. The molecule has 1 heterocycles. The largest absolute Gasteiger partial charge is 0.339 e. The number of rotatable bonds is 3. The number of aldehydes is 1. The van der Waals surface area contributed by atoms with E-state index in [1.54, 1.807) is 12.1 Å². The normalized spacial score (nSPS) is 14.2. The fraction of sp³-hybridized carbons (Fsp3) is 0.222. The van der Waals surface area contributed by atoms with Crippen molar-refractivity contribution in [2.45, 2.75) is 12.8 Å². The third kappa shape index (κ3) is 2.72. The van der Waals surface area contributed by atoms with E-state index in [2.05, 4.69) is 0 Å². The molecule has 0 aliphatic carbocycles. The van der Waals surface area contributed by atoms with E-state index in [0.29, 0.717) is 11.1 Å². The first-order valence-corrected chi connectivity index (χ1v) is 7.23. The quantitative estimate of drug-likeness (QED) is 0.807. The molecule has 1 aliphatic rings. The topological polar surface area (TPSA) is 37.4 Å². The van der Waals surface area contributed by atoms with Crippen molar-refractivity contribution in [2.24, 2.45) is 0 Å². The number of carbonyl (C=O) groups is 2. The Bertz CT molecular complexity index is 658. The van der Waals surface area contributed by atoms with Crippen LogP contribution in [0.15, 0.2) is 48.5 Å². The summed E-state index contributed by atoms with van der Waals surface area (Å²) in [5.74, 6) is 0.0232. The zero-order valence-electron chi connectivity index (χ0n) is 11.8. The van der Waals surface area contributed by atoms with Gasteiger partial charge in [0.2, 0.25) is 0 Å². The van der Waals surface area contributed by atoms with Crippen LogP contribution in [0.5, 0.6) is 0 Å². The molecule has 1 fully saturated rings. The lowest BCUT2D eigenvalue weighted by molar-refractivity contribution is 0.0793. The van der Waals surface area contributed by atoms with Gasteiger partial charge in [-0.3, -0.25) is 9.59 Å². The molecular weight excluding hydrogens is 262 g/mol. The van der Waals surface area contributed by atoms with Crippen molar-refractivity contribution >= 4 is 12.2 Å². The Morgan fingerprint density at radius 2 is 1.71 bits per heavy atom.